The molecule has 0 radical (unpaired) electrons. The number of hydrogen-bond donors (Lipinski definition) is 3. The second kappa shape index (κ2) is 7.94. The third-order valence-electron chi connectivity index (χ3n) is 5.40. The first-order valence-corrected chi connectivity index (χ1v) is 10.6. The average Bonchev–Trinajstić information content (AvgIpc) is 3.23. The Kier molecular flexibility index (Phi) is 5.35. The second-order valence-corrected chi connectivity index (χ2v) is 8.63. The number of aryl methyl sites for hydroxylation is 1. The second-order valence-electron chi connectivity index (χ2n) is 7.36. The number of benzene rings is 1. The minimum absolute atomic E-state index is 0.0887. The molecule has 2 saturated heterocycles. The van der Waals surface area contributed by atoms with E-state index in [1.165, 1.54) is 17.7 Å². The Labute approximate surface area is 170 Å². The molecule has 3 unspecified atom stereocenters. The molecule has 2 aliphatic rings. The predicted octanol–water partition coefficient (Wildman–Crippen LogP) is 1.16. The van der Waals surface area contributed by atoms with Crippen LogP contribution in [0.5, 0.6) is 0 Å². The molecule has 3 amide bonds. The summed E-state index contributed by atoms with van der Waals surface area (Å²) in [6.45, 7) is 0. The minimum atomic E-state index is -0.723. The summed E-state index contributed by atoms with van der Waals surface area (Å²) in [5.41, 5.74) is 0.215. The highest BCUT2D eigenvalue weighted by molar-refractivity contribution is 8.00. The Morgan fingerprint density at radius 2 is 2.10 bits per heavy atom. The molecule has 29 heavy (non-hydrogen) atoms. The first-order chi connectivity index (χ1) is 13.9. The van der Waals surface area contributed by atoms with Crippen LogP contribution in [0, 0.1) is 0 Å². The van der Waals surface area contributed by atoms with E-state index in [1.54, 1.807) is 12.1 Å². The minimum Gasteiger partial charge on any atom is -0.372 e. The van der Waals surface area contributed by atoms with E-state index in [1.807, 2.05) is 11.8 Å². The molecule has 0 saturated carbocycles. The number of carbonyl (C=O) groups is 2. The Bertz CT molecular complexity index is 1080. The Hall–Kier alpha value is -2.75. The van der Waals surface area contributed by atoms with E-state index in [2.05, 4.69) is 20.4 Å². The molecule has 3 heterocycles. The number of carbonyl (C=O) groups excluding carboxylic acids is 2. The highest BCUT2D eigenvalue weighted by Crippen LogP contribution is 2.33. The lowest BCUT2D eigenvalue weighted by Gasteiger charge is -2.16. The van der Waals surface area contributed by atoms with E-state index >= 15 is 0 Å². The summed E-state index contributed by atoms with van der Waals surface area (Å²) in [6.07, 6.45) is 2.96. The van der Waals surface area contributed by atoms with E-state index in [0.717, 1.165) is 25.0 Å². The molecule has 3 atom stereocenters. The summed E-state index contributed by atoms with van der Waals surface area (Å²) in [4.78, 5) is 47.1. The Morgan fingerprint density at radius 1 is 1.28 bits per heavy atom. The third kappa shape index (κ3) is 4.02. The van der Waals surface area contributed by atoms with Gasteiger partial charge in [0.15, 0.2) is 0 Å². The van der Waals surface area contributed by atoms with Crippen LogP contribution in [0.15, 0.2) is 32.2 Å². The summed E-state index contributed by atoms with van der Waals surface area (Å²) >= 11 is 1.86. The first-order valence-electron chi connectivity index (χ1n) is 9.55. The SMILES string of the molecule is Cn1c(=O)oc(=O)c2cc(NC(=O)CCCCC3SCC4NC(=O)NC43)ccc21. The van der Waals surface area contributed by atoms with Gasteiger partial charge in [-0.05, 0) is 31.0 Å². The molecule has 2 aromatic rings. The summed E-state index contributed by atoms with van der Waals surface area (Å²) < 4.78 is 5.90. The summed E-state index contributed by atoms with van der Waals surface area (Å²) in [5, 5.41) is 9.30. The number of rotatable bonds is 6. The van der Waals surface area contributed by atoms with Gasteiger partial charge in [-0.2, -0.15) is 11.8 Å². The lowest BCUT2D eigenvalue weighted by molar-refractivity contribution is -0.116. The summed E-state index contributed by atoms with van der Waals surface area (Å²) in [6, 6.07) is 5.09. The smallest absolute Gasteiger partial charge is 0.372 e. The fourth-order valence-electron chi connectivity index (χ4n) is 3.87. The largest absolute Gasteiger partial charge is 0.422 e. The van der Waals surface area contributed by atoms with E-state index in [4.69, 9.17) is 0 Å². The van der Waals surface area contributed by atoms with Crippen molar-refractivity contribution in [2.24, 2.45) is 7.05 Å². The highest BCUT2D eigenvalue weighted by atomic mass is 32.2. The quantitative estimate of drug-likeness (QED) is 0.478. The van der Waals surface area contributed by atoms with Crippen LogP contribution >= 0.6 is 11.8 Å². The molecule has 2 fully saturated rings. The van der Waals surface area contributed by atoms with E-state index in [0.29, 0.717) is 22.9 Å². The number of nitrogens with one attached hydrogen (secondary N) is 3. The molecule has 2 aliphatic heterocycles. The molecule has 1 aromatic heterocycles. The van der Waals surface area contributed by atoms with Gasteiger partial charge in [-0.15, -0.1) is 0 Å². The van der Waals surface area contributed by atoms with Crippen LogP contribution in [0.3, 0.4) is 0 Å². The molecule has 3 N–H and O–H groups in total. The average molecular weight is 418 g/mol. The normalized spacial score (nSPS) is 22.9. The van der Waals surface area contributed by atoms with Crippen molar-refractivity contribution in [2.75, 3.05) is 11.1 Å². The van der Waals surface area contributed by atoms with Crippen molar-refractivity contribution in [3.63, 3.8) is 0 Å². The van der Waals surface area contributed by atoms with Crippen molar-refractivity contribution in [1.82, 2.24) is 15.2 Å². The zero-order valence-electron chi connectivity index (χ0n) is 15.9. The number of unbranched alkanes of at least 4 members (excludes halogenated alkanes) is 1. The van der Waals surface area contributed by atoms with Crippen molar-refractivity contribution in [3.8, 4) is 0 Å². The lowest BCUT2D eigenvalue weighted by atomic mass is 10.0. The van der Waals surface area contributed by atoms with E-state index in [9.17, 15) is 19.2 Å². The van der Waals surface area contributed by atoms with Crippen LogP contribution in [0.2, 0.25) is 0 Å². The maximum Gasteiger partial charge on any atom is 0.422 e. The number of urea groups is 1. The molecule has 0 bridgehead atoms. The van der Waals surface area contributed by atoms with Gasteiger partial charge < -0.3 is 20.4 Å². The molecule has 154 valence electrons. The van der Waals surface area contributed by atoms with Crippen LogP contribution in [-0.2, 0) is 11.8 Å². The molecular weight excluding hydrogens is 396 g/mol. The van der Waals surface area contributed by atoms with Crippen LogP contribution in [-0.4, -0.2) is 39.6 Å². The van der Waals surface area contributed by atoms with Crippen molar-refractivity contribution in [2.45, 2.75) is 43.0 Å². The lowest BCUT2D eigenvalue weighted by Crippen LogP contribution is -2.36. The third-order valence-corrected chi connectivity index (χ3v) is 6.90. The predicted molar refractivity (Wildman–Crippen MR) is 110 cm³/mol. The maximum atomic E-state index is 12.2. The van der Waals surface area contributed by atoms with Crippen LogP contribution in [0.1, 0.15) is 25.7 Å². The zero-order chi connectivity index (χ0) is 20.5. The number of thioether (sulfide) groups is 1. The van der Waals surface area contributed by atoms with Crippen LogP contribution in [0.25, 0.3) is 10.9 Å². The zero-order valence-corrected chi connectivity index (χ0v) is 16.7. The van der Waals surface area contributed by atoms with Gasteiger partial charge in [-0.3, -0.25) is 9.36 Å². The summed E-state index contributed by atoms with van der Waals surface area (Å²) in [5.74, 6) is 0.0705. The number of fused-ring (bicyclic) bond motifs is 2. The van der Waals surface area contributed by atoms with Gasteiger partial charge in [0.1, 0.15) is 0 Å². The first kappa shape index (κ1) is 19.6. The molecule has 9 nitrogen and oxygen atoms in total. The standard InChI is InChI=1S/C19H22N4O5S/c1-23-13-7-6-10(8-11(13)17(25)28-19(23)27)20-15(24)5-3-2-4-14-16-12(9-29-14)21-18(26)22-16/h6-8,12,14,16H,2-5,9H2,1H3,(H,20,24)(H2,21,22,26). The van der Waals surface area contributed by atoms with Crippen molar-refractivity contribution in [1.29, 1.82) is 0 Å². The Morgan fingerprint density at radius 3 is 2.93 bits per heavy atom. The van der Waals surface area contributed by atoms with Crippen molar-refractivity contribution in [3.05, 3.63) is 39.2 Å². The highest BCUT2D eigenvalue weighted by Gasteiger charge is 2.42. The van der Waals surface area contributed by atoms with Crippen molar-refractivity contribution >= 4 is 40.3 Å². The number of nitrogens with zero attached hydrogens (tertiary/aromatic N) is 1. The number of amides is 3. The molecule has 4 rings (SSSR count). The van der Waals surface area contributed by atoms with Gasteiger partial charge in [0.2, 0.25) is 5.91 Å². The number of anilines is 1. The van der Waals surface area contributed by atoms with E-state index < -0.39 is 11.4 Å². The Balaban J connectivity index is 1.28. The molecule has 10 heteroatoms. The molecule has 1 aromatic carbocycles. The number of aromatic nitrogens is 1. The summed E-state index contributed by atoms with van der Waals surface area (Å²) in [7, 11) is 1.52. The van der Waals surface area contributed by atoms with Gasteiger partial charge >= 0.3 is 17.4 Å². The molecule has 0 aliphatic carbocycles. The van der Waals surface area contributed by atoms with Gasteiger partial charge in [0.25, 0.3) is 0 Å². The van der Waals surface area contributed by atoms with Crippen LogP contribution in [0.4, 0.5) is 10.5 Å². The van der Waals surface area contributed by atoms with Gasteiger partial charge in [-0.1, -0.05) is 6.42 Å². The molecule has 0 spiro atoms. The van der Waals surface area contributed by atoms with Gasteiger partial charge in [-0.25, -0.2) is 14.4 Å². The fourth-order valence-corrected chi connectivity index (χ4v) is 5.41. The van der Waals surface area contributed by atoms with Crippen molar-refractivity contribution < 1.29 is 14.0 Å². The topological polar surface area (TPSA) is 122 Å². The number of hydrogen-bond acceptors (Lipinski definition) is 6. The maximum absolute atomic E-state index is 12.2. The molecular formula is C19H22N4O5S. The monoisotopic (exact) mass is 418 g/mol. The van der Waals surface area contributed by atoms with Gasteiger partial charge in [0, 0.05) is 30.2 Å². The van der Waals surface area contributed by atoms with Crippen LogP contribution < -0.4 is 27.3 Å². The van der Waals surface area contributed by atoms with Gasteiger partial charge in [0.05, 0.1) is 23.0 Å². The fraction of sp³-hybridized carbons (Fsp3) is 0.474. The van der Waals surface area contributed by atoms with E-state index in [-0.39, 0.29) is 29.4 Å².